The van der Waals surface area contributed by atoms with Crippen molar-refractivity contribution in [3.63, 3.8) is 0 Å². The predicted octanol–water partition coefficient (Wildman–Crippen LogP) is 2.07. The van der Waals surface area contributed by atoms with Crippen LogP contribution in [-0.4, -0.2) is 39.5 Å². The van der Waals surface area contributed by atoms with E-state index in [1.54, 1.807) is 36.9 Å². The fourth-order valence-electron chi connectivity index (χ4n) is 3.28. The molecule has 8 heteroatoms. The summed E-state index contributed by atoms with van der Waals surface area (Å²) in [6.07, 6.45) is 1.01. The molecule has 0 bridgehead atoms. The van der Waals surface area contributed by atoms with Crippen LogP contribution < -0.4 is 10.1 Å². The number of anilines is 1. The normalized spacial score (nSPS) is 22.3. The van der Waals surface area contributed by atoms with Gasteiger partial charge in [-0.25, -0.2) is 0 Å². The van der Waals surface area contributed by atoms with Crippen LogP contribution in [0.25, 0.3) is 0 Å². The molecular formula is C17H18N4O4. The summed E-state index contributed by atoms with van der Waals surface area (Å²) in [5.74, 6) is 1.03. The Morgan fingerprint density at radius 1 is 1.40 bits per heavy atom. The minimum Gasteiger partial charge on any atom is -0.478 e. The Balaban J connectivity index is 1.67. The topological polar surface area (TPSA) is 97.6 Å². The van der Waals surface area contributed by atoms with Crippen LogP contribution in [0, 0.1) is 6.92 Å². The zero-order valence-corrected chi connectivity index (χ0v) is 14.0. The van der Waals surface area contributed by atoms with Crippen LogP contribution in [0.4, 0.5) is 5.69 Å². The van der Waals surface area contributed by atoms with E-state index in [4.69, 9.17) is 9.26 Å². The summed E-state index contributed by atoms with van der Waals surface area (Å²) >= 11 is 0. The Kier molecular flexibility index (Phi) is 3.67. The van der Waals surface area contributed by atoms with Crippen molar-refractivity contribution in [2.45, 2.75) is 38.8 Å². The summed E-state index contributed by atoms with van der Waals surface area (Å²) in [6, 6.07) is 4.95. The maximum Gasteiger partial charge on any atom is 0.265 e. The summed E-state index contributed by atoms with van der Waals surface area (Å²) in [4.78, 5) is 30.9. The molecule has 1 aromatic carbocycles. The van der Waals surface area contributed by atoms with E-state index in [1.807, 2.05) is 0 Å². The molecule has 2 aliphatic heterocycles. The first kappa shape index (κ1) is 15.6. The maximum absolute atomic E-state index is 13.1. The Morgan fingerprint density at radius 2 is 2.24 bits per heavy atom. The van der Waals surface area contributed by atoms with Gasteiger partial charge in [0, 0.05) is 13.5 Å². The molecule has 3 heterocycles. The summed E-state index contributed by atoms with van der Waals surface area (Å²) in [7, 11) is 0. The van der Waals surface area contributed by atoms with Crippen molar-refractivity contribution >= 4 is 17.5 Å². The van der Waals surface area contributed by atoms with E-state index in [9.17, 15) is 9.59 Å². The number of aromatic nitrogens is 2. The summed E-state index contributed by atoms with van der Waals surface area (Å²) in [6.45, 7) is 3.99. The number of aryl methyl sites for hydroxylation is 1. The molecule has 2 aromatic rings. The van der Waals surface area contributed by atoms with Gasteiger partial charge in [-0.05, 0) is 31.9 Å². The number of rotatable bonds is 2. The molecule has 0 unspecified atom stereocenters. The molecule has 25 heavy (non-hydrogen) atoms. The number of para-hydroxylation sites is 1. The molecule has 1 aromatic heterocycles. The second kappa shape index (κ2) is 5.87. The van der Waals surface area contributed by atoms with Crippen LogP contribution in [0.15, 0.2) is 22.7 Å². The average molecular weight is 342 g/mol. The first-order valence-corrected chi connectivity index (χ1v) is 8.26. The van der Waals surface area contributed by atoms with E-state index in [2.05, 4.69) is 15.5 Å². The average Bonchev–Trinajstić information content (AvgIpc) is 3.23. The van der Waals surface area contributed by atoms with Gasteiger partial charge in [-0.3, -0.25) is 9.59 Å². The van der Waals surface area contributed by atoms with Crippen molar-refractivity contribution in [1.29, 1.82) is 0 Å². The minimum absolute atomic E-state index is 0.162. The number of amides is 2. The summed E-state index contributed by atoms with van der Waals surface area (Å²) in [5.41, 5.74) is 0.941. The van der Waals surface area contributed by atoms with Crippen LogP contribution in [0.2, 0.25) is 0 Å². The molecule has 2 amide bonds. The smallest absolute Gasteiger partial charge is 0.265 e. The van der Waals surface area contributed by atoms with E-state index < -0.39 is 6.10 Å². The van der Waals surface area contributed by atoms with Crippen LogP contribution in [0.5, 0.6) is 5.75 Å². The highest BCUT2D eigenvalue weighted by atomic mass is 16.5. The molecule has 0 saturated carbocycles. The second-order valence-electron chi connectivity index (χ2n) is 6.26. The van der Waals surface area contributed by atoms with Gasteiger partial charge in [0.1, 0.15) is 0 Å². The number of ether oxygens (including phenoxy) is 1. The molecule has 0 spiro atoms. The quantitative estimate of drug-likeness (QED) is 0.897. The van der Waals surface area contributed by atoms with E-state index in [0.717, 1.165) is 12.8 Å². The van der Waals surface area contributed by atoms with Crippen molar-refractivity contribution in [3.8, 4) is 5.75 Å². The molecule has 0 aliphatic carbocycles. The number of nitrogens with one attached hydrogen (secondary N) is 1. The Labute approximate surface area is 144 Å². The summed E-state index contributed by atoms with van der Waals surface area (Å²) < 4.78 is 10.7. The maximum atomic E-state index is 13.1. The Hall–Kier alpha value is -2.90. The number of carbonyl (C=O) groups excluding carboxylic acids is 2. The lowest BCUT2D eigenvalue weighted by Gasteiger charge is -2.28. The Bertz CT molecular complexity index is 847. The number of hydrogen-bond acceptors (Lipinski definition) is 6. The van der Waals surface area contributed by atoms with Crippen LogP contribution in [0.3, 0.4) is 0 Å². The first-order chi connectivity index (χ1) is 12.0. The molecule has 1 saturated heterocycles. The van der Waals surface area contributed by atoms with Gasteiger partial charge < -0.3 is 19.5 Å². The van der Waals surface area contributed by atoms with E-state index >= 15 is 0 Å². The van der Waals surface area contributed by atoms with E-state index in [-0.39, 0.29) is 17.9 Å². The van der Waals surface area contributed by atoms with Crippen molar-refractivity contribution in [1.82, 2.24) is 15.0 Å². The van der Waals surface area contributed by atoms with Gasteiger partial charge in [-0.2, -0.15) is 4.98 Å². The zero-order chi connectivity index (χ0) is 17.6. The largest absolute Gasteiger partial charge is 0.478 e. The molecule has 0 radical (unpaired) electrons. The van der Waals surface area contributed by atoms with Crippen LogP contribution >= 0.6 is 0 Å². The first-order valence-electron chi connectivity index (χ1n) is 8.26. The standard InChI is InChI=1S/C17H18N4O4/c1-9-16(22)19-12-6-3-5-11(14(12)24-9)17(23)21-8-4-7-13(21)15-18-10(2)25-20-15/h3,5-6,9,13H,4,7-8H2,1-2H3,(H,19,22)/t9-,13-/m0/s1. The molecular weight excluding hydrogens is 324 g/mol. The lowest BCUT2D eigenvalue weighted by atomic mass is 10.1. The number of hydrogen-bond donors (Lipinski definition) is 1. The van der Waals surface area contributed by atoms with Gasteiger partial charge in [0.15, 0.2) is 17.7 Å². The highest BCUT2D eigenvalue weighted by molar-refractivity contribution is 6.04. The Morgan fingerprint density at radius 3 is 3.00 bits per heavy atom. The van der Waals surface area contributed by atoms with Crippen molar-refractivity contribution in [2.24, 2.45) is 0 Å². The van der Waals surface area contributed by atoms with Gasteiger partial charge in [-0.15, -0.1) is 0 Å². The molecule has 1 N–H and O–H groups in total. The third kappa shape index (κ3) is 2.63. The van der Waals surface area contributed by atoms with Gasteiger partial charge >= 0.3 is 0 Å². The number of benzene rings is 1. The summed E-state index contributed by atoms with van der Waals surface area (Å²) in [5, 5.41) is 6.73. The zero-order valence-electron chi connectivity index (χ0n) is 14.0. The lowest BCUT2D eigenvalue weighted by Crippen LogP contribution is -2.37. The highest BCUT2D eigenvalue weighted by Crippen LogP contribution is 2.37. The van der Waals surface area contributed by atoms with Gasteiger partial charge in [-0.1, -0.05) is 11.2 Å². The minimum atomic E-state index is -0.643. The van der Waals surface area contributed by atoms with E-state index in [1.165, 1.54) is 0 Å². The SMILES string of the molecule is Cc1nc([C@@H]2CCCN2C(=O)c2cccc3c2O[C@@H](C)C(=O)N3)no1. The van der Waals surface area contributed by atoms with Gasteiger partial charge in [0.25, 0.3) is 11.8 Å². The number of likely N-dealkylation sites (tertiary alicyclic amines) is 1. The molecule has 1 fully saturated rings. The lowest BCUT2D eigenvalue weighted by molar-refractivity contribution is -0.122. The van der Waals surface area contributed by atoms with Crippen molar-refractivity contribution in [3.05, 3.63) is 35.5 Å². The van der Waals surface area contributed by atoms with Gasteiger partial charge in [0.05, 0.1) is 17.3 Å². The molecule has 8 nitrogen and oxygen atoms in total. The fourth-order valence-corrected chi connectivity index (χ4v) is 3.28. The number of carbonyl (C=O) groups is 2. The highest BCUT2D eigenvalue weighted by Gasteiger charge is 2.36. The number of fused-ring (bicyclic) bond motifs is 1. The third-order valence-corrected chi connectivity index (χ3v) is 4.52. The van der Waals surface area contributed by atoms with Crippen molar-refractivity contribution < 1.29 is 18.8 Å². The van der Waals surface area contributed by atoms with Gasteiger partial charge in [0.2, 0.25) is 5.89 Å². The molecule has 2 atom stereocenters. The van der Waals surface area contributed by atoms with Crippen molar-refractivity contribution in [2.75, 3.05) is 11.9 Å². The monoisotopic (exact) mass is 342 g/mol. The predicted molar refractivity (Wildman–Crippen MR) is 87.2 cm³/mol. The molecule has 130 valence electrons. The van der Waals surface area contributed by atoms with Crippen LogP contribution in [0.1, 0.15) is 47.9 Å². The fraction of sp³-hybridized carbons (Fsp3) is 0.412. The number of nitrogens with zero attached hydrogens (tertiary/aromatic N) is 3. The third-order valence-electron chi connectivity index (χ3n) is 4.52. The molecule has 2 aliphatic rings. The molecule has 4 rings (SSSR count). The van der Waals surface area contributed by atoms with E-state index in [0.29, 0.717) is 35.3 Å². The van der Waals surface area contributed by atoms with Crippen LogP contribution in [-0.2, 0) is 4.79 Å². The second-order valence-corrected chi connectivity index (χ2v) is 6.26.